The number of hydrogen-bond acceptors (Lipinski definition) is 1. The lowest BCUT2D eigenvalue weighted by Crippen LogP contribution is -1.94. The van der Waals surface area contributed by atoms with Gasteiger partial charge >= 0.3 is 6.41 Å². The second-order valence-electron chi connectivity index (χ2n) is 1.95. The normalized spacial score (nSPS) is 9.58. The maximum atomic E-state index is 9.95. The van der Waals surface area contributed by atoms with Crippen molar-refractivity contribution in [2.75, 3.05) is 5.32 Å². The molecule has 0 saturated heterocycles. The molecule has 1 aromatic carbocycles. The van der Waals surface area contributed by atoms with E-state index >= 15 is 0 Å². The molecule has 12 heavy (non-hydrogen) atoms. The highest BCUT2D eigenvalue weighted by atomic mass is 35.5. The average Bonchev–Trinajstić information content (AvgIpc) is 2.07. The molecule has 0 spiro atoms. The number of halogens is 3. The second-order valence-corrected chi connectivity index (χ2v) is 3.11. The van der Waals surface area contributed by atoms with Gasteiger partial charge in [0.25, 0.3) is 0 Å². The van der Waals surface area contributed by atoms with Gasteiger partial charge in [0.2, 0.25) is 0 Å². The predicted octanol–water partition coefficient (Wildman–Crippen LogP) is 3.13. The Kier molecular flexibility index (Phi) is 3.20. The van der Waals surface area contributed by atoms with Crippen LogP contribution in [0.2, 0.25) is 15.1 Å². The Morgan fingerprint density at radius 1 is 1.17 bits per heavy atom. The molecule has 1 rings (SSSR count). The Morgan fingerprint density at radius 3 is 2.42 bits per heavy atom. The summed E-state index contributed by atoms with van der Waals surface area (Å²) in [5.74, 6) is 0. The fraction of sp³-hybridized carbons (Fsp3) is 0. The monoisotopic (exact) mass is 222 g/mol. The molecule has 2 nitrogen and oxygen atoms in total. The fourth-order valence-electron chi connectivity index (χ4n) is 0.677. The molecular weight excluding hydrogens is 220 g/mol. The van der Waals surface area contributed by atoms with E-state index in [2.05, 4.69) is 5.32 Å². The lowest BCUT2D eigenvalue weighted by molar-refractivity contribution is 0.561. The van der Waals surface area contributed by atoms with E-state index in [0.717, 1.165) is 0 Å². The summed E-state index contributed by atoms with van der Waals surface area (Å²) in [6, 6.07) is 3.08. The first-order valence-electron chi connectivity index (χ1n) is 2.93. The van der Waals surface area contributed by atoms with Gasteiger partial charge in [-0.1, -0.05) is 34.8 Å². The highest BCUT2D eigenvalue weighted by molar-refractivity contribution is 6.49. The fourth-order valence-corrected chi connectivity index (χ4v) is 1.26. The first kappa shape index (κ1) is 9.65. The number of carbonyl (C=O) groups excluding carboxylic acids is 1. The lowest BCUT2D eigenvalue weighted by atomic mass is 10.3. The third-order valence-electron chi connectivity index (χ3n) is 1.22. The summed E-state index contributed by atoms with van der Waals surface area (Å²) in [5, 5.41) is 3.04. The third kappa shape index (κ3) is 1.83. The predicted molar refractivity (Wildman–Crippen MR) is 50.8 cm³/mol. The molecule has 0 atom stereocenters. The van der Waals surface area contributed by atoms with Crippen LogP contribution in [0.4, 0.5) is 5.69 Å². The number of benzene rings is 1. The second kappa shape index (κ2) is 3.99. The summed E-state index contributed by atoms with van der Waals surface area (Å²) in [7, 11) is 0. The molecule has 0 fully saturated rings. The van der Waals surface area contributed by atoms with Crippen LogP contribution in [0, 0.1) is 0 Å². The first-order valence-corrected chi connectivity index (χ1v) is 4.07. The van der Waals surface area contributed by atoms with Gasteiger partial charge in [-0.25, -0.2) is 0 Å². The van der Waals surface area contributed by atoms with Crippen molar-refractivity contribution >= 4 is 46.9 Å². The Labute approximate surface area is 84.4 Å². The van der Waals surface area contributed by atoms with Crippen molar-refractivity contribution < 1.29 is 4.79 Å². The molecule has 1 aromatic rings. The minimum Gasteiger partial charge on any atom is -0.316 e. The van der Waals surface area contributed by atoms with E-state index in [1.54, 1.807) is 6.07 Å². The van der Waals surface area contributed by atoms with Crippen LogP contribution < -0.4 is 5.32 Å². The van der Waals surface area contributed by atoms with E-state index in [9.17, 15) is 4.79 Å². The van der Waals surface area contributed by atoms with Crippen molar-refractivity contribution in [2.24, 2.45) is 0 Å². The van der Waals surface area contributed by atoms with E-state index in [1.807, 2.05) is 0 Å². The van der Waals surface area contributed by atoms with Gasteiger partial charge in [0.05, 0.1) is 20.8 Å². The maximum absolute atomic E-state index is 9.95. The molecule has 0 aromatic heterocycles. The quantitative estimate of drug-likeness (QED) is 0.606. The summed E-state index contributed by atoms with van der Waals surface area (Å²) >= 11 is 17.0. The van der Waals surface area contributed by atoms with Gasteiger partial charge in [0.1, 0.15) is 0 Å². The van der Waals surface area contributed by atoms with Crippen LogP contribution in [-0.2, 0) is 4.79 Å². The van der Waals surface area contributed by atoms with Crippen molar-refractivity contribution in [1.29, 1.82) is 0 Å². The van der Waals surface area contributed by atoms with E-state index in [0.29, 0.717) is 10.7 Å². The molecular formula is C7H3Cl3NO. The molecule has 0 bridgehead atoms. The number of hydrogen-bond donors (Lipinski definition) is 1. The van der Waals surface area contributed by atoms with Crippen molar-refractivity contribution in [3.05, 3.63) is 27.2 Å². The summed E-state index contributed by atoms with van der Waals surface area (Å²) in [4.78, 5) is 9.95. The van der Waals surface area contributed by atoms with Gasteiger partial charge < -0.3 is 5.32 Å². The third-order valence-corrected chi connectivity index (χ3v) is 2.51. The molecule has 1 N–H and O–H groups in total. The van der Waals surface area contributed by atoms with Gasteiger partial charge in [-0.3, -0.25) is 4.79 Å². The number of anilines is 1. The lowest BCUT2D eigenvalue weighted by Gasteiger charge is -2.03. The number of nitrogens with one attached hydrogen (secondary N) is 1. The van der Waals surface area contributed by atoms with Crippen LogP contribution in [0.5, 0.6) is 0 Å². The molecule has 0 heterocycles. The number of rotatable bonds is 2. The van der Waals surface area contributed by atoms with Gasteiger partial charge in [0.15, 0.2) is 0 Å². The summed E-state index contributed by atoms with van der Waals surface area (Å²) in [6.07, 6.45) is 1.49. The van der Waals surface area contributed by atoms with Gasteiger partial charge in [-0.15, -0.1) is 0 Å². The van der Waals surface area contributed by atoms with Crippen LogP contribution in [-0.4, -0.2) is 6.41 Å². The minimum atomic E-state index is 0.215. The summed E-state index contributed by atoms with van der Waals surface area (Å²) in [5.41, 5.74) is 0.390. The van der Waals surface area contributed by atoms with E-state index in [4.69, 9.17) is 34.8 Å². The van der Waals surface area contributed by atoms with Gasteiger partial charge in [-0.05, 0) is 12.1 Å². The molecule has 1 radical (unpaired) electrons. The van der Waals surface area contributed by atoms with E-state index in [1.165, 1.54) is 12.5 Å². The Hall–Kier alpha value is -0.440. The van der Waals surface area contributed by atoms with Crippen molar-refractivity contribution in [3.63, 3.8) is 0 Å². The average molecular weight is 223 g/mol. The van der Waals surface area contributed by atoms with Crippen LogP contribution in [0.1, 0.15) is 0 Å². The molecule has 0 aliphatic rings. The van der Waals surface area contributed by atoms with E-state index in [-0.39, 0.29) is 10.0 Å². The topological polar surface area (TPSA) is 29.1 Å². The molecule has 0 unspecified atom stereocenters. The highest BCUT2D eigenvalue weighted by Gasteiger charge is 2.07. The van der Waals surface area contributed by atoms with Crippen molar-refractivity contribution in [3.8, 4) is 0 Å². The van der Waals surface area contributed by atoms with Gasteiger partial charge in [0, 0.05) is 0 Å². The molecule has 63 valence electrons. The Morgan fingerprint density at radius 2 is 1.83 bits per heavy atom. The van der Waals surface area contributed by atoms with E-state index < -0.39 is 0 Å². The van der Waals surface area contributed by atoms with Crippen LogP contribution in [0.3, 0.4) is 0 Å². The molecule has 0 aliphatic carbocycles. The molecule has 0 aliphatic heterocycles. The molecule has 1 amide bonds. The SMILES string of the molecule is O=[C]Nc1ccc(Cl)c(Cl)c1Cl. The zero-order chi connectivity index (χ0) is 9.14. The summed E-state index contributed by atoms with van der Waals surface area (Å²) in [6.45, 7) is 0. The molecule has 5 heteroatoms. The van der Waals surface area contributed by atoms with Crippen LogP contribution in [0.15, 0.2) is 12.1 Å². The Balaban J connectivity index is 3.16. The zero-order valence-corrected chi connectivity index (χ0v) is 7.96. The standard InChI is InChI=1S/C7H3Cl3NO/c8-4-1-2-5(11-3-12)7(10)6(4)9/h1-2H,(H,11,12). The first-order chi connectivity index (χ1) is 5.66. The Bertz CT molecular complexity index is 314. The van der Waals surface area contributed by atoms with Crippen molar-refractivity contribution in [2.45, 2.75) is 0 Å². The largest absolute Gasteiger partial charge is 0.316 e. The smallest absolute Gasteiger partial charge is 0.314 e. The highest BCUT2D eigenvalue weighted by Crippen LogP contribution is 2.35. The van der Waals surface area contributed by atoms with Gasteiger partial charge in [-0.2, -0.15) is 0 Å². The molecule has 0 saturated carbocycles. The van der Waals surface area contributed by atoms with Crippen LogP contribution in [0.25, 0.3) is 0 Å². The zero-order valence-electron chi connectivity index (χ0n) is 5.70. The number of amides is 1. The minimum absolute atomic E-state index is 0.215. The maximum Gasteiger partial charge on any atom is 0.314 e. The van der Waals surface area contributed by atoms with Crippen LogP contribution >= 0.6 is 34.8 Å². The summed E-state index contributed by atoms with van der Waals surface area (Å²) < 4.78 is 0. The van der Waals surface area contributed by atoms with Crippen molar-refractivity contribution in [1.82, 2.24) is 0 Å².